The lowest BCUT2D eigenvalue weighted by Gasteiger charge is -2.69. The van der Waals surface area contributed by atoms with Crippen molar-refractivity contribution in [1.29, 1.82) is 0 Å². The number of carboxylic acid groups (broad SMARTS) is 2. The zero-order valence-corrected chi connectivity index (χ0v) is 54.7. The third-order valence-electron chi connectivity index (χ3n) is 18.9. The van der Waals surface area contributed by atoms with Crippen LogP contribution in [0.3, 0.4) is 0 Å². The molecule has 6 aliphatic rings. The number of aliphatic hydroxyl groups excluding tert-OH is 3. The summed E-state index contributed by atoms with van der Waals surface area (Å²) in [5, 5.41) is 64.7. The molecule has 29 heteroatoms. The molecule has 4 bridgehead atoms. The van der Waals surface area contributed by atoms with Crippen molar-refractivity contribution >= 4 is 89.2 Å². The molecule has 7 atom stereocenters. The van der Waals surface area contributed by atoms with Crippen LogP contribution in [0.4, 0.5) is 9.93 Å². The van der Waals surface area contributed by atoms with Gasteiger partial charge >= 0.3 is 18.0 Å². The number of anilines is 1. The number of aliphatic carboxylic acids is 1. The van der Waals surface area contributed by atoms with E-state index in [1.807, 2.05) is 60.1 Å². The number of nitrogens with zero attached hydrogens (tertiary/aromatic N) is 6. The topological polar surface area (TPSA) is 386 Å². The maximum Gasteiger partial charge on any atom is 0.410 e. The van der Waals surface area contributed by atoms with E-state index >= 15 is 0 Å². The van der Waals surface area contributed by atoms with Gasteiger partial charge in [0.15, 0.2) is 16.9 Å². The lowest BCUT2D eigenvalue weighted by molar-refractivity contribution is -0.271. The Morgan fingerprint density at radius 1 is 0.825 bits per heavy atom. The summed E-state index contributed by atoms with van der Waals surface area (Å²) >= 11 is 1.37. The first-order chi connectivity index (χ1) is 46.1. The summed E-state index contributed by atoms with van der Waals surface area (Å²) in [5.74, 6) is -6.04. The van der Waals surface area contributed by atoms with E-state index in [9.17, 15) is 72.1 Å². The first-order valence-electron chi connectivity index (χ1n) is 31.6. The summed E-state index contributed by atoms with van der Waals surface area (Å²) in [6.45, 7) is 5.18. The van der Waals surface area contributed by atoms with Crippen LogP contribution >= 0.6 is 11.3 Å². The van der Waals surface area contributed by atoms with Crippen molar-refractivity contribution in [2.45, 2.75) is 122 Å². The highest BCUT2D eigenvalue weighted by molar-refractivity contribution is 7.85. The summed E-state index contributed by atoms with van der Waals surface area (Å²) in [7, 11) is -4.61. The number of para-hydroxylation sites is 1. The number of nitrogens with one attached hydrogen (secondary N) is 2. The zero-order chi connectivity index (χ0) is 68.9. The third-order valence-corrected chi connectivity index (χ3v) is 20.6. The average Bonchev–Trinajstić information content (AvgIpc) is 1.56. The normalized spacial score (nSPS) is 25.0. The number of aliphatic hydroxyl groups is 3. The molecule has 13 rings (SSSR count). The van der Waals surface area contributed by atoms with Crippen LogP contribution in [-0.4, -0.2) is 185 Å². The highest BCUT2D eigenvalue weighted by atomic mass is 32.2. The molecule has 8 N–H and O–H groups in total. The molecule has 0 radical (unpaired) electrons. The van der Waals surface area contributed by atoms with Gasteiger partial charge in [-0.2, -0.15) is 13.5 Å². The Hall–Kier alpha value is -9.07. The van der Waals surface area contributed by atoms with E-state index in [0.29, 0.717) is 76.3 Å². The average molecular weight is 1370 g/mol. The molecule has 2 aliphatic heterocycles. The van der Waals surface area contributed by atoms with Crippen LogP contribution in [0.25, 0.3) is 43.4 Å². The van der Waals surface area contributed by atoms with Gasteiger partial charge in [-0.15, -0.1) is 0 Å². The lowest BCUT2D eigenvalue weighted by atomic mass is 9.39. The fourth-order valence-corrected chi connectivity index (χ4v) is 17.1. The number of rotatable bonds is 25. The van der Waals surface area contributed by atoms with Crippen LogP contribution in [0, 0.1) is 23.2 Å². The van der Waals surface area contributed by atoms with Gasteiger partial charge in [-0.25, -0.2) is 24.4 Å². The molecule has 510 valence electrons. The summed E-state index contributed by atoms with van der Waals surface area (Å²) in [6.07, 6.45) is -1.95. The second-order valence-corrected chi connectivity index (χ2v) is 29.4. The molecular formula is C68H72N8O19S2. The first kappa shape index (κ1) is 67.9. The van der Waals surface area contributed by atoms with Crippen LogP contribution in [0.2, 0.25) is 0 Å². The molecule has 1 saturated heterocycles. The predicted octanol–water partition coefficient (Wildman–Crippen LogP) is 6.54. The van der Waals surface area contributed by atoms with Gasteiger partial charge in [-0.1, -0.05) is 73.7 Å². The number of carbonyl (C=O) groups is 7. The number of aromatic nitrogens is 4. The quantitative estimate of drug-likeness (QED) is 0.0171. The number of thiazole rings is 1. The smallest absolute Gasteiger partial charge is 0.410 e. The summed E-state index contributed by atoms with van der Waals surface area (Å²) in [4.78, 5) is 101. The number of hydrogen-bond acceptors (Lipinski definition) is 20. The van der Waals surface area contributed by atoms with Crippen molar-refractivity contribution in [3.63, 3.8) is 0 Å². The van der Waals surface area contributed by atoms with Gasteiger partial charge in [0.25, 0.3) is 27.8 Å². The fourth-order valence-electron chi connectivity index (χ4n) is 15.7. The maximum absolute atomic E-state index is 14.2. The van der Waals surface area contributed by atoms with Crippen molar-refractivity contribution < 1.29 is 91.0 Å². The van der Waals surface area contributed by atoms with Gasteiger partial charge in [0.05, 0.1) is 40.1 Å². The molecule has 4 aliphatic carbocycles. The highest BCUT2D eigenvalue weighted by Crippen LogP contribution is 2.72. The van der Waals surface area contributed by atoms with Crippen molar-refractivity contribution in [1.82, 2.24) is 34.9 Å². The number of ether oxygens (including phenoxy) is 4. The monoisotopic (exact) mass is 1370 g/mol. The van der Waals surface area contributed by atoms with Crippen LogP contribution in [0.15, 0.2) is 109 Å². The zero-order valence-electron chi connectivity index (χ0n) is 53.1. The Balaban J connectivity index is 0.728. The fraction of sp³-hybridized carbons (Fsp3) is 0.412. The third kappa shape index (κ3) is 14.6. The van der Waals surface area contributed by atoms with E-state index in [0.717, 1.165) is 62.5 Å². The standard InChI is InChI=1S/C68H72N8O19S2/c1-38-46(43-17-18-47(71-54(43)60(84)85)41-16-15-40-9-6-10-44(45(40)27-41)59(83)73-63-72-48-11-4-5-12-50(48)96-63)28-70-76(38)37-67-32-65(2)31-66(3,33-67)35-68(34-65,36-67)93-24-22-74(23-25-97(89,90)91)64(88)92-30-42-14-13-39(8-7-21-69-51(77)29-75-52(78)19-20-53(75)79)26-49(42)94-62-57(82)55(80)56(81)58(95-62)61(86)87/h4-6,9-20,26-28,55-58,62,80-82H,7-8,21-25,29-37H2,1-3H3,(H,69,77)(H,84,85)(H,86,87)(H,72,73,83)(H,89,90,91)/t55-,56-,57+,58-,62+,65?,66?,67?,68?/m0/s1. The number of aryl methyl sites for hydroxylation is 1. The molecule has 0 spiro atoms. The first-order valence-corrected chi connectivity index (χ1v) is 34.0. The molecule has 4 saturated carbocycles. The number of amides is 5. The number of fused-ring (bicyclic) bond motifs is 2. The summed E-state index contributed by atoms with van der Waals surface area (Å²) < 4.78 is 61.2. The van der Waals surface area contributed by atoms with Crippen molar-refractivity contribution in [2.75, 3.05) is 43.9 Å². The maximum atomic E-state index is 14.2. The van der Waals surface area contributed by atoms with Crippen molar-refractivity contribution in [3.05, 3.63) is 137 Å². The minimum atomic E-state index is -4.61. The molecule has 5 heterocycles. The number of aromatic carboxylic acids is 1. The van der Waals surface area contributed by atoms with Crippen LogP contribution in [0.5, 0.6) is 5.75 Å². The van der Waals surface area contributed by atoms with E-state index in [1.165, 1.54) is 23.5 Å². The molecule has 3 aromatic heterocycles. The van der Waals surface area contributed by atoms with Crippen molar-refractivity contribution in [3.8, 4) is 28.1 Å². The Morgan fingerprint density at radius 2 is 1.58 bits per heavy atom. The number of benzene rings is 4. The number of carboxylic acids is 2. The molecule has 27 nitrogen and oxygen atoms in total. The lowest BCUT2D eigenvalue weighted by Crippen LogP contribution is -2.64. The van der Waals surface area contributed by atoms with E-state index < -0.39 is 108 Å². The van der Waals surface area contributed by atoms with Gasteiger partial charge in [0, 0.05) is 71.8 Å². The molecule has 97 heavy (non-hydrogen) atoms. The Labute approximate surface area is 559 Å². The summed E-state index contributed by atoms with van der Waals surface area (Å²) in [5.41, 5.74) is 2.97. The molecule has 4 aromatic carbocycles. The van der Waals surface area contributed by atoms with Gasteiger partial charge < -0.3 is 54.7 Å². The number of hydrogen-bond donors (Lipinski definition) is 8. The number of pyridine rings is 1. The molecule has 7 aromatic rings. The molecule has 2 unspecified atom stereocenters. The minimum absolute atomic E-state index is 0.0689. The Kier molecular flexibility index (Phi) is 18.7. The minimum Gasteiger partial charge on any atom is -0.479 e. The number of carbonyl (C=O) groups excluding carboxylic acids is 5. The van der Waals surface area contributed by atoms with Crippen molar-refractivity contribution in [2.24, 2.45) is 16.2 Å². The van der Waals surface area contributed by atoms with Gasteiger partial charge in [0.2, 0.25) is 12.2 Å². The SMILES string of the molecule is Cc1c(-c2ccc(-c3ccc4cccc(C(=O)Nc5nc6ccccc6s5)c4c3)nc2C(=O)O)cnn1CC12CC3(C)CC(C)(C1)CC(OCCN(CCS(=O)(=O)O)C(=O)OCc1ccc(CCCNC(=O)CN4C(=O)C=CC4=O)cc1O[C@@H]1O[C@H](C(=O)O)[C@@H](O)[C@H](O)[C@H]1O)(C3)C2. The Morgan fingerprint density at radius 3 is 2.30 bits per heavy atom. The van der Waals surface area contributed by atoms with Crippen LogP contribution in [0.1, 0.15) is 96.5 Å². The second kappa shape index (κ2) is 26.7. The van der Waals surface area contributed by atoms with E-state index in [4.69, 9.17) is 29.0 Å². The molecular weight excluding hydrogens is 1300 g/mol. The number of imide groups is 1. The van der Waals surface area contributed by atoms with Gasteiger partial charge in [-0.05, 0) is 133 Å². The van der Waals surface area contributed by atoms with Gasteiger partial charge in [-0.3, -0.25) is 38.6 Å². The van der Waals surface area contributed by atoms with Crippen LogP contribution in [-0.2, 0) is 63.1 Å². The Bertz CT molecular complexity index is 4390. The molecule has 5 fully saturated rings. The van der Waals surface area contributed by atoms with E-state index in [-0.39, 0.29) is 65.3 Å². The second-order valence-electron chi connectivity index (χ2n) is 26.8. The van der Waals surface area contributed by atoms with Crippen LogP contribution < -0.4 is 15.4 Å². The predicted molar refractivity (Wildman–Crippen MR) is 349 cm³/mol. The highest BCUT2D eigenvalue weighted by Gasteiger charge is 2.66. The summed E-state index contributed by atoms with van der Waals surface area (Å²) in [6, 6.07) is 26.6. The van der Waals surface area contributed by atoms with Gasteiger partial charge in [0.1, 0.15) is 37.2 Å². The molecule has 5 amide bonds. The van der Waals surface area contributed by atoms with E-state index in [2.05, 4.69) is 29.5 Å². The largest absolute Gasteiger partial charge is 0.479 e. The van der Waals surface area contributed by atoms with E-state index in [1.54, 1.807) is 36.5 Å².